The fourth-order valence-corrected chi connectivity index (χ4v) is 3.97. The Labute approximate surface area is 220 Å². The Morgan fingerprint density at radius 2 is 1.53 bits per heavy atom. The summed E-state index contributed by atoms with van der Waals surface area (Å²) in [4.78, 5) is 39.9. The van der Waals surface area contributed by atoms with Crippen molar-refractivity contribution in [2.24, 2.45) is 17.2 Å². The molecule has 0 aromatic heterocycles. The molecule has 0 radical (unpaired) electrons. The summed E-state index contributed by atoms with van der Waals surface area (Å²) in [6.45, 7) is 1.22. The lowest BCUT2D eigenvalue weighted by Gasteiger charge is -2.23. The zero-order chi connectivity index (χ0) is 28.1. The van der Waals surface area contributed by atoms with Crippen LogP contribution in [0.15, 0.2) is 54.6 Å². The molecule has 0 aliphatic heterocycles. The third kappa shape index (κ3) is 10.2. The number of alkyl halides is 3. The second-order valence-corrected chi connectivity index (χ2v) is 9.03. The molecule has 8 nitrogen and oxygen atoms in total. The highest BCUT2D eigenvalue weighted by molar-refractivity contribution is 5.92. The minimum absolute atomic E-state index is 0.00144. The Hall–Kier alpha value is -3.28. The molecular weight excluding hydrogens is 499 g/mol. The normalized spacial score (nSPS) is 13.0. The van der Waals surface area contributed by atoms with Gasteiger partial charge >= 0.3 is 6.18 Å². The molecule has 38 heavy (non-hydrogen) atoms. The molecule has 0 aliphatic carbocycles. The maximum atomic E-state index is 13.1. The van der Waals surface area contributed by atoms with E-state index in [1.54, 1.807) is 0 Å². The van der Waals surface area contributed by atoms with Gasteiger partial charge in [-0.15, -0.1) is 0 Å². The summed E-state index contributed by atoms with van der Waals surface area (Å²) in [5.74, 6) is -1.28. The standard InChI is InChI=1S/C27H36F3N5O3/c28-27(29,30)21-8-4-7-20(17-21)18-24(36)23(11-9-19-5-2-1-3-6-19)34-26(38)22(33)10-12-25(37)35(15-13-31)16-14-32/h1-8,17,22-23H,9-16,18,31-33H2,(H,34,38)/t22-,23-/m0/s1. The second kappa shape index (κ2) is 15.2. The van der Waals surface area contributed by atoms with E-state index >= 15 is 0 Å². The average molecular weight is 536 g/mol. The quantitative estimate of drug-likeness (QED) is 0.274. The first-order valence-electron chi connectivity index (χ1n) is 12.5. The van der Waals surface area contributed by atoms with Gasteiger partial charge in [-0.25, -0.2) is 0 Å². The van der Waals surface area contributed by atoms with Gasteiger partial charge in [0, 0.05) is 39.0 Å². The van der Waals surface area contributed by atoms with Gasteiger partial charge in [0.25, 0.3) is 0 Å². The van der Waals surface area contributed by atoms with Crippen LogP contribution in [0.4, 0.5) is 13.2 Å². The maximum absolute atomic E-state index is 13.1. The van der Waals surface area contributed by atoms with Crippen LogP contribution in [0.2, 0.25) is 0 Å². The van der Waals surface area contributed by atoms with Crippen molar-refractivity contribution < 1.29 is 27.6 Å². The molecular formula is C27H36F3N5O3. The number of carbonyl (C=O) groups is 3. The summed E-state index contributed by atoms with van der Waals surface area (Å²) >= 11 is 0. The predicted molar refractivity (Wildman–Crippen MR) is 139 cm³/mol. The van der Waals surface area contributed by atoms with Crippen LogP contribution in [-0.4, -0.2) is 60.8 Å². The third-order valence-corrected chi connectivity index (χ3v) is 6.06. The number of nitrogens with zero attached hydrogens (tertiary/aromatic N) is 1. The van der Waals surface area contributed by atoms with Crippen molar-refractivity contribution in [1.82, 2.24) is 10.2 Å². The number of benzene rings is 2. The second-order valence-electron chi connectivity index (χ2n) is 9.03. The first kappa shape index (κ1) is 30.9. The van der Waals surface area contributed by atoms with Gasteiger partial charge in [-0.05, 0) is 36.5 Å². The van der Waals surface area contributed by atoms with Gasteiger partial charge in [0.1, 0.15) is 0 Å². The van der Waals surface area contributed by atoms with Gasteiger partial charge in [0.15, 0.2) is 5.78 Å². The minimum atomic E-state index is -4.53. The number of nitrogens with two attached hydrogens (primary N) is 3. The summed E-state index contributed by atoms with van der Waals surface area (Å²) < 4.78 is 39.3. The SMILES string of the molecule is NCCN(CCN)C(=O)CC[C@H](N)C(=O)N[C@@H](CCc1ccccc1)C(=O)Cc1cccc(C(F)(F)F)c1. The molecule has 0 aliphatic rings. The molecule has 2 amide bonds. The van der Waals surface area contributed by atoms with E-state index in [9.17, 15) is 27.6 Å². The van der Waals surface area contributed by atoms with Crippen LogP contribution < -0.4 is 22.5 Å². The zero-order valence-electron chi connectivity index (χ0n) is 21.3. The smallest absolute Gasteiger partial charge is 0.345 e. The van der Waals surface area contributed by atoms with Crippen LogP contribution in [0.3, 0.4) is 0 Å². The number of ketones is 1. The van der Waals surface area contributed by atoms with Gasteiger partial charge in [0.2, 0.25) is 11.8 Å². The highest BCUT2D eigenvalue weighted by atomic mass is 19.4. The van der Waals surface area contributed by atoms with E-state index in [-0.39, 0.29) is 50.2 Å². The molecule has 0 saturated heterocycles. The topological polar surface area (TPSA) is 145 Å². The molecule has 0 fully saturated rings. The first-order valence-corrected chi connectivity index (χ1v) is 12.5. The first-order chi connectivity index (χ1) is 18.0. The van der Waals surface area contributed by atoms with Gasteiger partial charge in [-0.2, -0.15) is 13.2 Å². The Morgan fingerprint density at radius 3 is 2.13 bits per heavy atom. The molecule has 11 heteroatoms. The molecule has 2 aromatic carbocycles. The molecule has 0 saturated carbocycles. The van der Waals surface area contributed by atoms with Crippen LogP contribution in [-0.2, 0) is 33.4 Å². The fourth-order valence-electron chi connectivity index (χ4n) is 3.97. The van der Waals surface area contributed by atoms with Crippen LogP contribution in [0.5, 0.6) is 0 Å². The van der Waals surface area contributed by atoms with Crippen LogP contribution >= 0.6 is 0 Å². The number of rotatable bonds is 15. The molecule has 0 heterocycles. The highest BCUT2D eigenvalue weighted by Crippen LogP contribution is 2.29. The van der Waals surface area contributed by atoms with Crippen LogP contribution in [0, 0.1) is 0 Å². The minimum Gasteiger partial charge on any atom is -0.345 e. The van der Waals surface area contributed by atoms with Crippen molar-refractivity contribution in [2.45, 2.75) is 50.4 Å². The van der Waals surface area contributed by atoms with Crippen molar-refractivity contribution in [3.63, 3.8) is 0 Å². The summed E-state index contributed by atoms with van der Waals surface area (Å²) in [6, 6.07) is 11.8. The zero-order valence-corrected chi connectivity index (χ0v) is 21.3. The number of aryl methyl sites for hydroxylation is 1. The number of hydrogen-bond donors (Lipinski definition) is 4. The molecule has 2 atom stereocenters. The van der Waals surface area contributed by atoms with Crippen molar-refractivity contribution >= 4 is 17.6 Å². The predicted octanol–water partition coefficient (Wildman–Crippen LogP) is 1.79. The summed E-state index contributed by atoms with van der Waals surface area (Å²) in [6.07, 6.45) is -4.08. The van der Waals surface area contributed by atoms with Crippen LogP contribution in [0.1, 0.15) is 36.0 Å². The van der Waals surface area contributed by atoms with Gasteiger partial charge in [-0.1, -0.05) is 48.5 Å². The monoisotopic (exact) mass is 535 g/mol. The Kier molecular flexibility index (Phi) is 12.4. The van der Waals surface area contributed by atoms with E-state index in [1.807, 2.05) is 30.3 Å². The molecule has 0 bridgehead atoms. The molecule has 0 spiro atoms. The van der Waals surface area contributed by atoms with E-state index in [2.05, 4.69) is 5.32 Å². The van der Waals surface area contributed by atoms with Gasteiger partial charge in [-0.3, -0.25) is 14.4 Å². The number of Topliss-reactive ketones (excluding diaryl/α,β-unsaturated/α-hetero) is 1. The number of hydrogen-bond acceptors (Lipinski definition) is 6. The van der Waals surface area contributed by atoms with Gasteiger partial charge in [0.05, 0.1) is 17.6 Å². The molecule has 7 N–H and O–H groups in total. The van der Waals surface area contributed by atoms with E-state index in [0.717, 1.165) is 17.7 Å². The Bertz CT molecular complexity index is 1040. The largest absolute Gasteiger partial charge is 0.416 e. The van der Waals surface area contributed by atoms with Crippen LogP contribution in [0.25, 0.3) is 0 Å². The van der Waals surface area contributed by atoms with E-state index in [1.165, 1.54) is 17.0 Å². The third-order valence-electron chi connectivity index (χ3n) is 6.06. The van der Waals surface area contributed by atoms with E-state index in [4.69, 9.17) is 17.2 Å². The Balaban J connectivity index is 2.08. The summed E-state index contributed by atoms with van der Waals surface area (Å²) in [5, 5.41) is 2.65. The number of nitrogens with one attached hydrogen (secondary N) is 1. The average Bonchev–Trinajstić information content (AvgIpc) is 2.89. The lowest BCUT2D eigenvalue weighted by atomic mass is 9.96. The van der Waals surface area contributed by atoms with E-state index in [0.29, 0.717) is 19.5 Å². The highest BCUT2D eigenvalue weighted by Gasteiger charge is 2.31. The summed E-state index contributed by atoms with van der Waals surface area (Å²) in [5.41, 5.74) is 17.4. The lowest BCUT2D eigenvalue weighted by Crippen LogP contribution is -2.49. The Morgan fingerprint density at radius 1 is 0.895 bits per heavy atom. The van der Waals surface area contributed by atoms with Crippen molar-refractivity contribution in [2.75, 3.05) is 26.2 Å². The molecule has 2 rings (SSSR count). The fraction of sp³-hybridized carbons (Fsp3) is 0.444. The molecule has 0 unspecified atom stereocenters. The van der Waals surface area contributed by atoms with Gasteiger partial charge < -0.3 is 27.4 Å². The maximum Gasteiger partial charge on any atom is 0.416 e. The number of amides is 2. The van der Waals surface area contributed by atoms with Crippen molar-refractivity contribution in [3.8, 4) is 0 Å². The lowest BCUT2D eigenvalue weighted by molar-refractivity contribution is -0.137. The van der Waals surface area contributed by atoms with E-state index < -0.39 is 35.5 Å². The number of halogens is 3. The van der Waals surface area contributed by atoms with Crippen molar-refractivity contribution in [1.29, 1.82) is 0 Å². The molecule has 208 valence electrons. The number of carbonyl (C=O) groups excluding carboxylic acids is 3. The summed E-state index contributed by atoms with van der Waals surface area (Å²) in [7, 11) is 0. The van der Waals surface area contributed by atoms with Crippen molar-refractivity contribution in [3.05, 3.63) is 71.3 Å². The molecule has 2 aromatic rings.